The average molecular weight is 511 g/mol. The third-order valence-electron chi connectivity index (χ3n) is 5.89. The molecule has 2 amide bonds. The normalized spacial score (nSPS) is 21.1. The van der Waals surface area contributed by atoms with Crippen LogP contribution in [0.2, 0.25) is 0 Å². The summed E-state index contributed by atoms with van der Waals surface area (Å²) >= 11 is 2.80. The van der Waals surface area contributed by atoms with Crippen molar-refractivity contribution in [2.75, 3.05) is 10.6 Å². The number of anilines is 2. The molecule has 2 N–H and O–H groups in total. The maximum absolute atomic E-state index is 12.4. The molecule has 0 aromatic carbocycles. The molecule has 0 bridgehead atoms. The molecule has 10 heteroatoms. The average Bonchev–Trinajstić information content (AvgIpc) is 3.44. The van der Waals surface area contributed by atoms with Gasteiger partial charge in [0.25, 0.3) is 0 Å². The van der Waals surface area contributed by atoms with E-state index in [2.05, 4.69) is 69.2 Å². The summed E-state index contributed by atoms with van der Waals surface area (Å²) in [6.07, 6.45) is 18.6. The minimum absolute atomic E-state index is 0.0433. The number of carbonyl (C=O) groups is 2. The number of aryl methyl sites for hydroxylation is 2. The summed E-state index contributed by atoms with van der Waals surface area (Å²) < 4.78 is 0. The van der Waals surface area contributed by atoms with E-state index in [1.165, 1.54) is 22.7 Å². The Morgan fingerprint density at radius 1 is 0.943 bits per heavy atom. The van der Waals surface area contributed by atoms with Crippen LogP contribution >= 0.6 is 22.7 Å². The molecular weight excluding hydrogens is 480 g/mol. The minimum atomic E-state index is -0.0773. The second-order valence-electron chi connectivity index (χ2n) is 8.98. The van der Waals surface area contributed by atoms with E-state index in [0.29, 0.717) is 34.9 Å². The molecule has 0 saturated carbocycles. The second kappa shape index (κ2) is 12.1. The molecule has 2 heterocycles. The summed E-state index contributed by atoms with van der Waals surface area (Å²) in [5, 5.41) is 25.1. The smallest absolute Gasteiger partial charge is 0.230 e. The van der Waals surface area contributed by atoms with Crippen molar-refractivity contribution in [3.63, 3.8) is 0 Å². The van der Waals surface area contributed by atoms with Crippen molar-refractivity contribution < 1.29 is 9.59 Å². The van der Waals surface area contributed by atoms with Crippen molar-refractivity contribution in [1.29, 1.82) is 0 Å². The molecule has 35 heavy (non-hydrogen) atoms. The van der Waals surface area contributed by atoms with E-state index in [1.807, 2.05) is 18.2 Å². The highest BCUT2D eigenvalue weighted by atomic mass is 32.1. The van der Waals surface area contributed by atoms with Crippen LogP contribution < -0.4 is 10.6 Å². The Morgan fingerprint density at radius 3 is 2.26 bits per heavy atom. The van der Waals surface area contributed by atoms with E-state index in [1.54, 1.807) is 0 Å². The highest BCUT2D eigenvalue weighted by Crippen LogP contribution is 2.25. The van der Waals surface area contributed by atoms with Crippen molar-refractivity contribution in [3.05, 3.63) is 58.1 Å². The van der Waals surface area contributed by atoms with Crippen LogP contribution in [0.1, 0.15) is 49.5 Å². The van der Waals surface area contributed by atoms with E-state index in [-0.39, 0.29) is 17.7 Å². The number of hydrogen-bond acceptors (Lipinski definition) is 8. The fraction of sp³-hybridized carbons (Fsp3) is 0.440. The Morgan fingerprint density at radius 2 is 1.60 bits per heavy atom. The first-order chi connectivity index (χ1) is 16.9. The van der Waals surface area contributed by atoms with Gasteiger partial charge in [0.05, 0.1) is 6.42 Å². The first-order valence-electron chi connectivity index (χ1n) is 11.9. The lowest BCUT2D eigenvalue weighted by Gasteiger charge is -2.19. The third kappa shape index (κ3) is 7.76. The molecular formula is C25H30N6O2S2. The highest BCUT2D eigenvalue weighted by Gasteiger charge is 2.19. The molecule has 2 aromatic heterocycles. The van der Waals surface area contributed by atoms with Crippen molar-refractivity contribution >= 4 is 44.8 Å². The van der Waals surface area contributed by atoms with Gasteiger partial charge in [0, 0.05) is 19.3 Å². The van der Waals surface area contributed by atoms with Gasteiger partial charge in [-0.05, 0) is 36.2 Å². The van der Waals surface area contributed by atoms with Crippen LogP contribution in [0.25, 0.3) is 0 Å². The number of aromatic nitrogens is 4. The zero-order chi connectivity index (χ0) is 24.6. The predicted octanol–water partition coefficient (Wildman–Crippen LogP) is 5.12. The van der Waals surface area contributed by atoms with Gasteiger partial charge in [0.2, 0.25) is 22.1 Å². The van der Waals surface area contributed by atoms with Crippen LogP contribution in [-0.2, 0) is 22.4 Å². The van der Waals surface area contributed by atoms with Gasteiger partial charge in [-0.1, -0.05) is 79.1 Å². The molecule has 2 aromatic rings. The lowest BCUT2D eigenvalue weighted by atomic mass is 9.87. The van der Waals surface area contributed by atoms with E-state index in [9.17, 15) is 9.59 Å². The fourth-order valence-corrected chi connectivity index (χ4v) is 5.59. The van der Waals surface area contributed by atoms with E-state index in [4.69, 9.17) is 0 Å². The van der Waals surface area contributed by atoms with Crippen LogP contribution in [0.15, 0.2) is 48.1 Å². The van der Waals surface area contributed by atoms with Crippen LogP contribution in [0.5, 0.6) is 0 Å². The van der Waals surface area contributed by atoms with Gasteiger partial charge in [-0.2, -0.15) is 0 Å². The maximum atomic E-state index is 12.4. The van der Waals surface area contributed by atoms with Gasteiger partial charge >= 0.3 is 0 Å². The summed E-state index contributed by atoms with van der Waals surface area (Å²) in [5.41, 5.74) is 1.04. The molecule has 8 nitrogen and oxygen atoms in total. The van der Waals surface area contributed by atoms with E-state index in [0.717, 1.165) is 41.3 Å². The monoisotopic (exact) mass is 510 g/mol. The maximum Gasteiger partial charge on any atom is 0.230 e. The third-order valence-corrected chi connectivity index (χ3v) is 7.69. The number of allylic oxidation sites excluding steroid dienone is 7. The van der Waals surface area contributed by atoms with Gasteiger partial charge in [-0.15, -0.1) is 20.4 Å². The summed E-state index contributed by atoms with van der Waals surface area (Å²) in [5.74, 6) is 0.903. The molecule has 4 rings (SSSR count). The van der Waals surface area contributed by atoms with Crippen LogP contribution in [0, 0.1) is 17.8 Å². The largest absolute Gasteiger partial charge is 0.301 e. The van der Waals surface area contributed by atoms with Gasteiger partial charge < -0.3 is 10.6 Å². The number of nitrogens with zero attached hydrogens (tertiary/aromatic N) is 4. The summed E-state index contributed by atoms with van der Waals surface area (Å²) in [4.78, 5) is 24.7. The first kappa shape index (κ1) is 25.1. The topological polar surface area (TPSA) is 110 Å². The molecule has 3 unspecified atom stereocenters. The molecule has 3 atom stereocenters. The van der Waals surface area contributed by atoms with Gasteiger partial charge in [-0.25, -0.2) is 0 Å². The predicted molar refractivity (Wildman–Crippen MR) is 140 cm³/mol. The lowest BCUT2D eigenvalue weighted by molar-refractivity contribution is -0.117. The van der Waals surface area contributed by atoms with Gasteiger partial charge in [0.1, 0.15) is 10.0 Å². The standard InChI is InChI=1S/C25H30N6O2S2/c1-16-7-5-9-18(13-16)14-20(32)26-24-30-28-22(34-24)11-6-12-23-29-31-25(35-23)27-21(33)15-19-10-4-3-8-17(19)2/h3-5,8-10,13,16-17,19H,6-7,11-12,14-15H2,1-2H3,(H,26,30,32)(H,27,31,33). The first-order valence-corrected chi connectivity index (χ1v) is 13.5. The van der Waals surface area contributed by atoms with Crippen LogP contribution in [0.3, 0.4) is 0 Å². The van der Waals surface area contributed by atoms with Crippen LogP contribution in [0.4, 0.5) is 10.3 Å². The Balaban J connectivity index is 1.17. The number of amides is 2. The molecule has 0 radical (unpaired) electrons. The summed E-state index contributed by atoms with van der Waals surface area (Å²) in [7, 11) is 0. The van der Waals surface area contributed by atoms with Gasteiger partial charge in [-0.3, -0.25) is 9.59 Å². The number of carbonyl (C=O) groups excluding carboxylic acids is 2. The molecule has 0 spiro atoms. The zero-order valence-electron chi connectivity index (χ0n) is 19.9. The van der Waals surface area contributed by atoms with E-state index >= 15 is 0 Å². The Kier molecular flexibility index (Phi) is 8.70. The fourth-order valence-electron chi connectivity index (χ4n) is 3.99. The quantitative estimate of drug-likeness (QED) is 0.459. The van der Waals surface area contributed by atoms with Crippen LogP contribution in [-0.4, -0.2) is 32.2 Å². The second-order valence-corrected chi connectivity index (χ2v) is 11.1. The van der Waals surface area contributed by atoms with Crippen molar-refractivity contribution in [1.82, 2.24) is 20.4 Å². The molecule has 2 aliphatic rings. The Hall–Kier alpha value is -2.98. The molecule has 0 saturated heterocycles. The number of nitrogens with one attached hydrogen (secondary N) is 2. The Bertz CT molecular complexity index is 1160. The van der Waals surface area contributed by atoms with Gasteiger partial charge in [0.15, 0.2) is 0 Å². The lowest BCUT2D eigenvalue weighted by Crippen LogP contribution is -2.19. The molecule has 184 valence electrons. The molecule has 0 aliphatic heterocycles. The Labute approximate surface area is 213 Å². The number of rotatable bonds is 10. The molecule has 0 fully saturated rings. The van der Waals surface area contributed by atoms with E-state index < -0.39 is 0 Å². The summed E-state index contributed by atoms with van der Waals surface area (Å²) in [6.45, 7) is 4.26. The SMILES string of the molecule is CC1C=C(CC(=O)Nc2nnc(CCCc3nnc(NC(=O)CC4C=CC=CC4C)s3)s2)C=CC1. The highest BCUT2D eigenvalue weighted by molar-refractivity contribution is 7.15. The number of hydrogen-bond donors (Lipinski definition) is 2. The molecule has 2 aliphatic carbocycles. The summed E-state index contributed by atoms with van der Waals surface area (Å²) in [6, 6.07) is 0. The van der Waals surface area contributed by atoms with Crippen molar-refractivity contribution in [2.24, 2.45) is 17.8 Å². The van der Waals surface area contributed by atoms with Crippen molar-refractivity contribution in [2.45, 2.75) is 52.4 Å². The zero-order valence-corrected chi connectivity index (χ0v) is 21.6. The van der Waals surface area contributed by atoms with Crippen molar-refractivity contribution in [3.8, 4) is 0 Å². The minimum Gasteiger partial charge on any atom is -0.301 e.